The number of carbonyl (C=O) groups is 1. The molecule has 0 aliphatic carbocycles. The summed E-state index contributed by atoms with van der Waals surface area (Å²) in [5, 5.41) is 3.00. The van der Waals surface area contributed by atoms with Crippen LogP contribution in [0.3, 0.4) is 0 Å². The fourth-order valence-corrected chi connectivity index (χ4v) is 3.98. The molecule has 1 amide bonds. The number of fused-ring (bicyclic) bond motifs is 1. The number of rotatable bonds is 2. The predicted octanol–water partition coefficient (Wildman–Crippen LogP) is 1.11. The first-order valence-corrected chi connectivity index (χ1v) is 8.55. The molecule has 2 aromatic rings. The van der Waals surface area contributed by atoms with Gasteiger partial charge in [0.2, 0.25) is 5.91 Å². The Morgan fingerprint density at radius 2 is 2.17 bits per heavy atom. The molecule has 2 aliphatic rings. The number of carbonyl (C=O) groups excluding carboxylic acids is 1. The van der Waals surface area contributed by atoms with Crippen LogP contribution in [0, 0.1) is 12.3 Å². The van der Waals surface area contributed by atoms with Crippen molar-refractivity contribution in [2.24, 2.45) is 5.41 Å². The van der Waals surface area contributed by atoms with E-state index in [9.17, 15) is 9.59 Å². The second-order valence-electron chi connectivity index (χ2n) is 7.12. The lowest BCUT2D eigenvalue weighted by Gasteiger charge is -2.32. The standard InChI is InChI=1S/C18H22N4O2/c1-13-3-7-22-15(9-13)20-14(10-16(22)23)11-21-8-5-18(12-21)4-2-6-19-17(18)24/h3,7,9-10H,2,4-6,8,11-12H2,1H3,(H,19,24). The number of aryl methyl sites for hydroxylation is 1. The minimum atomic E-state index is -0.235. The van der Waals surface area contributed by atoms with Crippen LogP contribution in [-0.4, -0.2) is 39.8 Å². The molecule has 126 valence electrons. The van der Waals surface area contributed by atoms with Gasteiger partial charge in [-0.25, -0.2) is 4.98 Å². The lowest BCUT2D eigenvalue weighted by molar-refractivity contribution is -0.132. The van der Waals surface area contributed by atoms with Crippen LogP contribution in [0.25, 0.3) is 5.65 Å². The highest BCUT2D eigenvalue weighted by Crippen LogP contribution is 2.37. The zero-order valence-corrected chi connectivity index (χ0v) is 13.9. The summed E-state index contributed by atoms with van der Waals surface area (Å²) in [7, 11) is 0. The van der Waals surface area contributed by atoms with Crippen LogP contribution < -0.4 is 10.9 Å². The number of piperidine rings is 1. The van der Waals surface area contributed by atoms with Gasteiger partial charge in [0.05, 0.1) is 11.1 Å². The Kier molecular flexibility index (Phi) is 3.64. The van der Waals surface area contributed by atoms with Gasteiger partial charge in [-0.2, -0.15) is 0 Å². The maximum absolute atomic E-state index is 12.3. The maximum Gasteiger partial charge on any atom is 0.258 e. The average Bonchev–Trinajstić information content (AvgIpc) is 2.94. The van der Waals surface area contributed by atoms with Crippen LogP contribution in [0.1, 0.15) is 30.5 Å². The van der Waals surface area contributed by atoms with E-state index in [-0.39, 0.29) is 16.9 Å². The largest absolute Gasteiger partial charge is 0.356 e. The summed E-state index contributed by atoms with van der Waals surface area (Å²) in [6.45, 7) is 5.04. The number of amides is 1. The van der Waals surface area contributed by atoms with E-state index < -0.39 is 0 Å². The lowest BCUT2D eigenvalue weighted by atomic mass is 9.79. The number of hydrogen-bond acceptors (Lipinski definition) is 4. The van der Waals surface area contributed by atoms with Crippen LogP contribution in [0.4, 0.5) is 0 Å². The molecule has 4 rings (SSSR count). The van der Waals surface area contributed by atoms with Crippen molar-refractivity contribution in [3.63, 3.8) is 0 Å². The lowest BCUT2D eigenvalue weighted by Crippen LogP contribution is -2.47. The number of pyridine rings is 1. The molecule has 6 heteroatoms. The number of aromatic nitrogens is 2. The molecule has 0 aromatic carbocycles. The Balaban J connectivity index is 1.57. The van der Waals surface area contributed by atoms with E-state index in [0.717, 1.165) is 50.2 Å². The van der Waals surface area contributed by atoms with Crippen molar-refractivity contribution in [1.82, 2.24) is 19.6 Å². The first-order valence-electron chi connectivity index (χ1n) is 8.55. The Labute approximate surface area is 140 Å². The van der Waals surface area contributed by atoms with Crippen molar-refractivity contribution in [3.8, 4) is 0 Å². The molecule has 6 nitrogen and oxygen atoms in total. The van der Waals surface area contributed by atoms with Crippen molar-refractivity contribution >= 4 is 11.6 Å². The van der Waals surface area contributed by atoms with Crippen molar-refractivity contribution in [2.45, 2.75) is 32.7 Å². The quantitative estimate of drug-likeness (QED) is 0.898. The molecule has 2 aromatic heterocycles. The molecule has 4 heterocycles. The molecule has 2 fully saturated rings. The van der Waals surface area contributed by atoms with Gasteiger partial charge in [0.25, 0.3) is 5.56 Å². The van der Waals surface area contributed by atoms with Crippen LogP contribution in [-0.2, 0) is 11.3 Å². The van der Waals surface area contributed by atoms with Gasteiger partial charge < -0.3 is 5.32 Å². The first kappa shape index (κ1) is 15.3. The Morgan fingerprint density at radius 1 is 1.29 bits per heavy atom. The van der Waals surface area contributed by atoms with E-state index in [1.54, 1.807) is 16.7 Å². The fourth-order valence-electron chi connectivity index (χ4n) is 3.98. The van der Waals surface area contributed by atoms with E-state index in [4.69, 9.17) is 0 Å². The van der Waals surface area contributed by atoms with Crippen molar-refractivity contribution < 1.29 is 4.79 Å². The number of likely N-dealkylation sites (tertiary alicyclic amines) is 1. The molecule has 0 bridgehead atoms. The third-order valence-corrected chi connectivity index (χ3v) is 5.29. The van der Waals surface area contributed by atoms with Crippen LogP contribution in [0.5, 0.6) is 0 Å². The van der Waals surface area contributed by atoms with Crippen molar-refractivity contribution in [1.29, 1.82) is 0 Å². The summed E-state index contributed by atoms with van der Waals surface area (Å²) in [6.07, 6.45) is 4.67. The van der Waals surface area contributed by atoms with Gasteiger partial charge >= 0.3 is 0 Å². The molecule has 0 radical (unpaired) electrons. The molecule has 2 aliphatic heterocycles. The molecule has 24 heavy (non-hydrogen) atoms. The summed E-state index contributed by atoms with van der Waals surface area (Å²) in [4.78, 5) is 31.4. The highest BCUT2D eigenvalue weighted by atomic mass is 16.2. The molecule has 1 N–H and O–H groups in total. The SMILES string of the molecule is Cc1ccn2c(=O)cc(CN3CCC4(CCCNC4=O)C3)nc2c1. The van der Waals surface area contributed by atoms with Gasteiger partial charge in [-0.15, -0.1) is 0 Å². The van der Waals surface area contributed by atoms with E-state index in [1.807, 2.05) is 19.1 Å². The normalized spacial score (nSPS) is 24.6. The summed E-state index contributed by atoms with van der Waals surface area (Å²) in [5.41, 5.74) is 2.25. The van der Waals surface area contributed by atoms with Crippen LogP contribution in [0.15, 0.2) is 29.2 Å². The zero-order chi connectivity index (χ0) is 16.7. The fraction of sp³-hybridized carbons (Fsp3) is 0.500. The van der Waals surface area contributed by atoms with E-state index in [1.165, 1.54) is 0 Å². The third-order valence-electron chi connectivity index (χ3n) is 5.29. The van der Waals surface area contributed by atoms with E-state index in [2.05, 4.69) is 15.2 Å². The van der Waals surface area contributed by atoms with Gasteiger partial charge in [-0.05, 0) is 50.4 Å². The highest BCUT2D eigenvalue weighted by molar-refractivity contribution is 5.84. The molecular formula is C18H22N4O2. The highest BCUT2D eigenvalue weighted by Gasteiger charge is 2.45. The second kappa shape index (κ2) is 5.70. The summed E-state index contributed by atoms with van der Waals surface area (Å²) < 4.78 is 1.57. The molecular weight excluding hydrogens is 304 g/mol. The molecule has 0 saturated carbocycles. The smallest absolute Gasteiger partial charge is 0.258 e. The Hall–Kier alpha value is -2.21. The Bertz CT molecular complexity index is 860. The van der Waals surface area contributed by atoms with Crippen molar-refractivity contribution in [3.05, 3.63) is 46.0 Å². The maximum atomic E-state index is 12.3. The summed E-state index contributed by atoms with van der Waals surface area (Å²) in [6, 6.07) is 5.43. The first-order chi connectivity index (χ1) is 11.6. The van der Waals surface area contributed by atoms with Crippen molar-refractivity contribution in [2.75, 3.05) is 19.6 Å². The van der Waals surface area contributed by atoms with Gasteiger partial charge in [0, 0.05) is 31.9 Å². The average molecular weight is 326 g/mol. The molecule has 2 saturated heterocycles. The second-order valence-corrected chi connectivity index (χ2v) is 7.12. The minimum absolute atomic E-state index is 0.0562. The monoisotopic (exact) mass is 326 g/mol. The molecule has 1 unspecified atom stereocenters. The number of nitrogens with zero attached hydrogens (tertiary/aromatic N) is 3. The topological polar surface area (TPSA) is 66.7 Å². The van der Waals surface area contributed by atoms with Gasteiger partial charge in [-0.1, -0.05) is 0 Å². The van der Waals surface area contributed by atoms with E-state index in [0.29, 0.717) is 12.2 Å². The minimum Gasteiger partial charge on any atom is -0.356 e. The Morgan fingerprint density at radius 3 is 3.00 bits per heavy atom. The number of hydrogen-bond donors (Lipinski definition) is 1. The third kappa shape index (κ3) is 2.60. The predicted molar refractivity (Wildman–Crippen MR) is 90.8 cm³/mol. The van der Waals surface area contributed by atoms with Gasteiger partial charge in [0.1, 0.15) is 5.65 Å². The van der Waals surface area contributed by atoms with Gasteiger partial charge in [0.15, 0.2) is 0 Å². The van der Waals surface area contributed by atoms with Gasteiger partial charge in [-0.3, -0.25) is 18.9 Å². The number of nitrogens with one attached hydrogen (secondary N) is 1. The van der Waals surface area contributed by atoms with Crippen LogP contribution >= 0.6 is 0 Å². The van der Waals surface area contributed by atoms with Crippen LogP contribution in [0.2, 0.25) is 0 Å². The summed E-state index contributed by atoms with van der Waals surface area (Å²) >= 11 is 0. The zero-order valence-electron chi connectivity index (χ0n) is 13.9. The molecule has 1 spiro atoms. The van der Waals surface area contributed by atoms with E-state index >= 15 is 0 Å². The summed E-state index contributed by atoms with van der Waals surface area (Å²) in [5.74, 6) is 0.193. The molecule has 1 atom stereocenters.